The Morgan fingerprint density at radius 1 is 1.54 bits per heavy atom. The number of hydrogen-bond donors (Lipinski definition) is 0. The summed E-state index contributed by atoms with van der Waals surface area (Å²) in [4.78, 5) is 0. The quantitative estimate of drug-likeness (QED) is 0.606. The fourth-order valence-corrected chi connectivity index (χ4v) is 2.06. The van der Waals surface area contributed by atoms with Crippen molar-refractivity contribution in [3.8, 4) is 5.75 Å². The molecule has 70 valence electrons. The molecule has 1 unspecified atom stereocenters. The van der Waals surface area contributed by atoms with Gasteiger partial charge in [-0.1, -0.05) is 18.2 Å². The zero-order chi connectivity index (χ0) is 9.47. The number of para-hydroxylation sites is 1. The Morgan fingerprint density at radius 3 is 3.08 bits per heavy atom. The van der Waals surface area contributed by atoms with Crippen LogP contribution in [0.5, 0.6) is 5.75 Å². The highest BCUT2D eigenvalue weighted by molar-refractivity contribution is 7.48. The molecule has 1 aliphatic heterocycles. The summed E-state index contributed by atoms with van der Waals surface area (Å²) in [5, 5.41) is 0. The zero-order valence-electron chi connectivity index (χ0n) is 6.99. The fraction of sp³-hybridized carbons (Fsp3) is 0.250. The molecule has 5 heteroatoms. The standard InChI is InChI=1S/C8H8FO3P/c1-6-3-2-4-7-5-11-13(9,10)12-8(6)7/h2-4H,5H2,1H3. The first-order valence-electron chi connectivity index (χ1n) is 3.81. The highest BCUT2D eigenvalue weighted by Gasteiger charge is 2.32. The van der Waals surface area contributed by atoms with Crippen LogP contribution in [0.25, 0.3) is 0 Å². The molecule has 0 saturated carbocycles. The molecule has 1 atom stereocenters. The van der Waals surface area contributed by atoms with Gasteiger partial charge in [-0.3, -0.25) is 4.52 Å². The summed E-state index contributed by atoms with van der Waals surface area (Å²) in [6, 6.07) is 5.33. The Balaban J connectivity index is 2.50. The van der Waals surface area contributed by atoms with Gasteiger partial charge in [-0.05, 0) is 12.5 Å². The third-order valence-electron chi connectivity index (χ3n) is 1.87. The second-order valence-corrected chi connectivity index (χ2v) is 4.16. The largest absolute Gasteiger partial charge is 0.570 e. The Kier molecular flexibility index (Phi) is 1.90. The fourth-order valence-electron chi connectivity index (χ4n) is 1.24. The van der Waals surface area contributed by atoms with Gasteiger partial charge in [-0.2, -0.15) is 0 Å². The molecule has 3 nitrogen and oxygen atoms in total. The molecule has 0 N–H and O–H groups in total. The zero-order valence-corrected chi connectivity index (χ0v) is 7.88. The second kappa shape index (κ2) is 2.82. The Labute approximate surface area is 75.1 Å². The lowest BCUT2D eigenvalue weighted by molar-refractivity contribution is 0.201. The van der Waals surface area contributed by atoms with E-state index in [1.807, 2.05) is 6.07 Å². The van der Waals surface area contributed by atoms with Crippen molar-refractivity contribution < 1.29 is 17.8 Å². The van der Waals surface area contributed by atoms with E-state index in [1.165, 1.54) is 0 Å². The van der Waals surface area contributed by atoms with Crippen LogP contribution < -0.4 is 4.52 Å². The monoisotopic (exact) mass is 202 g/mol. The first-order valence-corrected chi connectivity index (χ1v) is 5.24. The Bertz CT molecular complexity index is 391. The molecule has 0 aliphatic carbocycles. The lowest BCUT2D eigenvalue weighted by Crippen LogP contribution is -2.05. The predicted octanol–water partition coefficient (Wildman–Crippen LogP) is 2.98. The van der Waals surface area contributed by atoms with E-state index in [-0.39, 0.29) is 6.61 Å². The summed E-state index contributed by atoms with van der Waals surface area (Å²) in [6.45, 7) is 1.77. The van der Waals surface area contributed by atoms with Crippen molar-refractivity contribution in [2.24, 2.45) is 0 Å². The molecule has 0 amide bonds. The molecule has 0 bridgehead atoms. The predicted molar refractivity (Wildman–Crippen MR) is 45.3 cm³/mol. The minimum absolute atomic E-state index is 0.00475. The van der Waals surface area contributed by atoms with Crippen LogP contribution in [0.1, 0.15) is 11.1 Å². The molecule has 1 aromatic rings. The van der Waals surface area contributed by atoms with E-state index in [2.05, 4.69) is 9.05 Å². The Morgan fingerprint density at radius 2 is 2.31 bits per heavy atom. The van der Waals surface area contributed by atoms with Gasteiger partial charge in [0.25, 0.3) is 0 Å². The molecule has 0 spiro atoms. The first-order chi connectivity index (χ1) is 6.08. The van der Waals surface area contributed by atoms with Crippen LogP contribution in [0.4, 0.5) is 4.20 Å². The van der Waals surface area contributed by atoms with Crippen LogP contribution in [-0.2, 0) is 15.7 Å². The van der Waals surface area contributed by atoms with Gasteiger partial charge in [0, 0.05) is 5.56 Å². The SMILES string of the molecule is Cc1cccc2c1OP(=O)(F)OC2. The number of benzene rings is 1. The maximum Gasteiger partial charge on any atom is 0.570 e. The molecule has 1 aromatic carbocycles. The average molecular weight is 202 g/mol. The molecule has 1 heterocycles. The molecule has 0 aromatic heterocycles. The van der Waals surface area contributed by atoms with Crippen LogP contribution in [0, 0.1) is 6.92 Å². The van der Waals surface area contributed by atoms with Crippen molar-refractivity contribution in [3.63, 3.8) is 0 Å². The number of rotatable bonds is 0. The van der Waals surface area contributed by atoms with E-state index in [1.54, 1.807) is 19.1 Å². The van der Waals surface area contributed by atoms with E-state index in [0.717, 1.165) is 11.1 Å². The van der Waals surface area contributed by atoms with Gasteiger partial charge >= 0.3 is 7.91 Å². The van der Waals surface area contributed by atoms with Gasteiger partial charge in [0.05, 0.1) is 6.61 Å². The van der Waals surface area contributed by atoms with Crippen molar-refractivity contribution in [2.45, 2.75) is 13.5 Å². The van der Waals surface area contributed by atoms with E-state index >= 15 is 0 Å². The van der Waals surface area contributed by atoms with Crippen molar-refractivity contribution >= 4 is 7.91 Å². The average Bonchev–Trinajstić information content (AvgIpc) is 2.06. The van der Waals surface area contributed by atoms with E-state index in [9.17, 15) is 8.76 Å². The summed E-state index contributed by atoms with van der Waals surface area (Å²) in [6.07, 6.45) is 0. The van der Waals surface area contributed by atoms with E-state index in [0.29, 0.717) is 5.75 Å². The number of aryl methyl sites for hydroxylation is 1. The molecule has 0 saturated heterocycles. The maximum atomic E-state index is 12.8. The Hall–Kier alpha value is -0.860. The van der Waals surface area contributed by atoms with Crippen molar-refractivity contribution in [1.82, 2.24) is 0 Å². The minimum atomic E-state index is -4.35. The highest BCUT2D eigenvalue weighted by atomic mass is 31.2. The summed E-state index contributed by atoms with van der Waals surface area (Å²) in [5.41, 5.74) is 1.49. The summed E-state index contributed by atoms with van der Waals surface area (Å²) in [5.74, 6) is 0.347. The highest BCUT2D eigenvalue weighted by Crippen LogP contribution is 2.55. The normalized spacial score (nSPS) is 26.3. The maximum absolute atomic E-state index is 12.8. The molecule has 0 radical (unpaired) electrons. The molecule has 2 rings (SSSR count). The van der Waals surface area contributed by atoms with Gasteiger partial charge in [0.2, 0.25) is 0 Å². The summed E-state index contributed by atoms with van der Waals surface area (Å²) in [7, 11) is -4.35. The number of halogens is 1. The lowest BCUT2D eigenvalue weighted by atomic mass is 10.1. The smallest absolute Gasteiger partial charge is 0.400 e. The minimum Gasteiger partial charge on any atom is -0.400 e. The van der Waals surface area contributed by atoms with Gasteiger partial charge in [-0.25, -0.2) is 4.57 Å². The van der Waals surface area contributed by atoms with Crippen molar-refractivity contribution in [2.75, 3.05) is 0 Å². The van der Waals surface area contributed by atoms with Crippen molar-refractivity contribution in [1.29, 1.82) is 0 Å². The first kappa shape index (κ1) is 8.73. The van der Waals surface area contributed by atoms with Gasteiger partial charge < -0.3 is 4.52 Å². The summed E-state index contributed by atoms with van der Waals surface area (Å²) < 4.78 is 32.7. The van der Waals surface area contributed by atoms with E-state index in [4.69, 9.17) is 0 Å². The third-order valence-corrected chi connectivity index (χ3v) is 2.71. The molecule has 13 heavy (non-hydrogen) atoms. The van der Waals surface area contributed by atoms with Crippen LogP contribution >= 0.6 is 7.91 Å². The third kappa shape index (κ3) is 1.60. The summed E-state index contributed by atoms with van der Waals surface area (Å²) >= 11 is 0. The van der Waals surface area contributed by atoms with E-state index < -0.39 is 7.91 Å². The van der Waals surface area contributed by atoms with Crippen LogP contribution in [0.3, 0.4) is 0 Å². The van der Waals surface area contributed by atoms with Gasteiger partial charge in [0.1, 0.15) is 5.75 Å². The molecular weight excluding hydrogens is 194 g/mol. The molecular formula is C8H8FO3P. The van der Waals surface area contributed by atoms with Crippen LogP contribution in [0.15, 0.2) is 18.2 Å². The number of hydrogen-bond acceptors (Lipinski definition) is 3. The van der Waals surface area contributed by atoms with Gasteiger partial charge in [0.15, 0.2) is 0 Å². The molecule has 1 aliphatic rings. The van der Waals surface area contributed by atoms with Gasteiger partial charge in [-0.15, -0.1) is 4.20 Å². The molecule has 0 fully saturated rings. The number of fused-ring (bicyclic) bond motifs is 1. The van der Waals surface area contributed by atoms with Crippen LogP contribution in [0.2, 0.25) is 0 Å². The topological polar surface area (TPSA) is 35.5 Å². The second-order valence-electron chi connectivity index (χ2n) is 2.86. The van der Waals surface area contributed by atoms with Crippen molar-refractivity contribution in [3.05, 3.63) is 29.3 Å². The lowest BCUT2D eigenvalue weighted by Gasteiger charge is -2.20. The van der Waals surface area contributed by atoms with Crippen LogP contribution in [-0.4, -0.2) is 0 Å².